The highest BCUT2D eigenvalue weighted by atomic mass is 79.9. The van der Waals surface area contributed by atoms with Crippen molar-refractivity contribution in [1.82, 2.24) is 4.98 Å². The molecule has 0 aliphatic rings. The van der Waals surface area contributed by atoms with Gasteiger partial charge in [-0.05, 0) is 57.9 Å². The highest BCUT2D eigenvalue weighted by Crippen LogP contribution is 2.30. The molecule has 0 bridgehead atoms. The summed E-state index contributed by atoms with van der Waals surface area (Å²) in [4.78, 5) is 15.4. The number of halogens is 3. The zero-order valence-electron chi connectivity index (χ0n) is 14.5. The lowest BCUT2D eigenvalue weighted by Crippen LogP contribution is -2.14. The number of hydrogen-bond acceptors (Lipinski definition) is 4. The largest absolute Gasteiger partial charge is 0.490 e. The van der Waals surface area contributed by atoms with Gasteiger partial charge < -0.3 is 15.2 Å². The summed E-state index contributed by atoms with van der Waals surface area (Å²) in [7, 11) is 0. The van der Waals surface area contributed by atoms with Crippen molar-refractivity contribution in [2.24, 2.45) is 5.73 Å². The summed E-state index contributed by atoms with van der Waals surface area (Å²) in [5, 5.41) is 0. The van der Waals surface area contributed by atoms with Gasteiger partial charge in [0.1, 0.15) is 42.0 Å². The van der Waals surface area contributed by atoms with Gasteiger partial charge in [0.05, 0.1) is 10.7 Å². The van der Waals surface area contributed by atoms with Crippen molar-refractivity contribution in [3.63, 3.8) is 0 Å². The Morgan fingerprint density at radius 3 is 2.43 bits per heavy atom. The quantitative estimate of drug-likeness (QED) is 0.545. The van der Waals surface area contributed by atoms with Crippen LogP contribution in [0.4, 0.5) is 8.78 Å². The average Bonchev–Trinajstić information content (AvgIpc) is 2.68. The Labute approximate surface area is 168 Å². The maximum atomic E-state index is 13.2. The number of primary amides is 1. The zero-order valence-corrected chi connectivity index (χ0v) is 16.1. The van der Waals surface area contributed by atoms with Gasteiger partial charge in [0.25, 0.3) is 5.91 Å². The minimum Gasteiger partial charge on any atom is -0.490 e. The first-order chi connectivity index (χ1) is 13.4. The van der Waals surface area contributed by atoms with Crippen LogP contribution in [-0.4, -0.2) is 24.1 Å². The highest BCUT2D eigenvalue weighted by Gasteiger charge is 2.12. The second-order valence-electron chi connectivity index (χ2n) is 5.71. The number of ether oxygens (including phenoxy) is 2. The van der Waals surface area contributed by atoms with E-state index in [0.29, 0.717) is 27.1 Å². The first-order valence-corrected chi connectivity index (χ1v) is 9.00. The van der Waals surface area contributed by atoms with Crippen molar-refractivity contribution in [1.29, 1.82) is 0 Å². The molecule has 144 valence electrons. The van der Waals surface area contributed by atoms with Gasteiger partial charge in [-0.15, -0.1) is 0 Å². The minimum absolute atomic E-state index is 0.0686. The standard InChI is InChI=1S/C20H15BrF2N2O3/c21-16-9-14(5-6-17(16)23)27-7-8-28-19-11-25-18(20(24)26)10-15(19)12-1-3-13(22)4-2-12/h1-6,9-11H,7-8H2,(H2,24,26). The molecule has 0 radical (unpaired) electrons. The summed E-state index contributed by atoms with van der Waals surface area (Å²) < 4.78 is 38.0. The molecule has 0 aliphatic carbocycles. The fourth-order valence-corrected chi connectivity index (χ4v) is 2.78. The van der Waals surface area contributed by atoms with Crippen LogP contribution in [0.5, 0.6) is 11.5 Å². The van der Waals surface area contributed by atoms with Gasteiger partial charge in [0, 0.05) is 5.56 Å². The maximum Gasteiger partial charge on any atom is 0.267 e. The summed E-state index contributed by atoms with van der Waals surface area (Å²) in [6, 6.07) is 11.5. The van der Waals surface area contributed by atoms with E-state index in [9.17, 15) is 13.6 Å². The summed E-state index contributed by atoms with van der Waals surface area (Å²) >= 11 is 3.09. The molecule has 0 saturated carbocycles. The molecule has 1 heterocycles. The van der Waals surface area contributed by atoms with Crippen LogP contribution in [0.2, 0.25) is 0 Å². The molecule has 28 heavy (non-hydrogen) atoms. The van der Waals surface area contributed by atoms with Crippen LogP contribution in [0, 0.1) is 11.6 Å². The number of carbonyl (C=O) groups is 1. The van der Waals surface area contributed by atoms with Gasteiger partial charge in [0.15, 0.2) is 0 Å². The third-order valence-electron chi connectivity index (χ3n) is 3.78. The Morgan fingerprint density at radius 2 is 1.75 bits per heavy atom. The topological polar surface area (TPSA) is 74.4 Å². The van der Waals surface area contributed by atoms with Crippen LogP contribution in [0.25, 0.3) is 11.1 Å². The lowest BCUT2D eigenvalue weighted by Gasteiger charge is -2.13. The van der Waals surface area contributed by atoms with Crippen LogP contribution in [0.1, 0.15) is 10.5 Å². The van der Waals surface area contributed by atoms with E-state index < -0.39 is 5.91 Å². The van der Waals surface area contributed by atoms with Crippen molar-refractivity contribution in [2.75, 3.05) is 13.2 Å². The Morgan fingerprint density at radius 1 is 1.04 bits per heavy atom. The minimum atomic E-state index is -0.680. The van der Waals surface area contributed by atoms with Crippen molar-refractivity contribution in [3.05, 3.63) is 76.5 Å². The van der Waals surface area contributed by atoms with Gasteiger partial charge >= 0.3 is 0 Å². The molecule has 1 amide bonds. The molecule has 3 aromatic rings. The van der Waals surface area contributed by atoms with Gasteiger partial charge in [-0.2, -0.15) is 0 Å². The fourth-order valence-electron chi connectivity index (χ4n) is 2.43. The van der Waals surface area contributed by atoms with Crippen LogP contribution in [0.15, 0.2) is 59.2 Å². The molecule has 0 spiro atoms. The van der Waals surface area contributed by atoms with E-state index in [1.54, 1.807) is 12.1 Å². The third kappa shape index (κ3) is 4.83. The Balaban J connectivity index is 1.72. The zero-order chi connectivity index (χ0) is 20.1. The summed E-state index contributed by atoms with van der Waals surface area (Å²) in [5.41, 5.74) is 6.55. The molecule has 0 aliphatic heterocycles. The van der Waals surface area contributed by atoms with E-state index in [0.717, 1.165) is 0 Å². The first kappa shape index (κ1) is 19.8. The molecule has 1 aromatic heterocycles. The first-order valence-electron chi connectivity index (χ1n) is 8.20. The monoisotopic (exact) mass is 448 g/mol. The van der Waals surface area contributed by atoms with Crippen LogP contribution >= 0.6 is 15.9 Å². The van der Waals surface area contributed by atoms with E-state index in [1.807, 2.05) is 0 Å². The average molecular weight is 449 g/mol. The number of carbonyl (C=O) groups excluding carboxylic acids is 1. The van der Waals surface area contributed by atoms with E-state index in [1.165, 1.54) is 42.6 Å². The van der Waals surface area contributed by atoms with Crippen LogP contribution < -0.4 is 15.2 Å². The Hall–Kier alpha value is -3.00. The van der Waals surface area contributed by atoms with Crippen LogP contribution in [0.3, 0.4) is 0 Å². The molecule has 0 saturated heterocycles. The number of benzene rings is 2. The van der Waals surface area contributed by atoms with Crippen molar-refractivity contribution in [3.8, 4) is 22.6 Å². The lowest BCUT2D eigenvalue weighted by atomic mass is 10.0. The fraction of sp³-hybridized carbons (Fsp3) is 0.100. The normalized spacial score (nSPS) is 10.5. The molecule has 2 aromatic carbocycles. The molecule has 0 unspecified atom stereocenters. The SMILES string of the molecule is NC(=O)c1cc(-c2ccc(F)cc2)c(OCCOc2ccc(F)c(Br)c2)cn1. The highest BCUT2D eigenvalue weighted by molar-refractivity contribution is 9.10. The van der Waals surface area contributed by atoms with E-state index in [-0.39, 0.29) is 30.5 Å². The van der Waals surface area contributed by atoms with Crippen molar-refractivity contribution in [2.45, 2.75) is 0 Å². The number of pyridine rings is 1. The predicted molar refractivity (Wildman–Crippen MR) is 103 cm³/mol. The van der Waals surface area contributed by atoms with Crippen molar-refractivity contribution >= 4 is 21.8 Å². The Kier molecular flexibility index (Phi) is 6.20. The van der Waals surface area contributed by atoms with Gasteiger partial charge in [0.2, 0.25) is 0 Å². The van der Waals surface area contributed by atoms with Gasteiger partial charge in [-0.3, -0.25) is 4.79 Å². The summed E-state index contributed by atoms with van der Waals surface area (Å²) in [5.74, 6) is -0.569. The number of hydrogen-bond donors (Lipinski definition) is 1. The number of rotatable bonds is 7. The van der Waals surface area contributed by atoms with Gasteiger partial charge in [-0.25, -0.2) is 13.8 Å². The maximum absolute atomic E-state index is 13.2. The second kappa shape index (κ2) is 8.79. The molecule has 3 rings (SSSR count). The Bertz CT molecular complexity index is 997. The molecule has 5 nitrogen and oxygen atoms in total. The third-order valence-corrected chi connectivity index (χ3v) is 4.38. The van der Waals surface area contributed by atoms with E-state index in [2.05, 4.69) is 20.9 Å². The van der Waals surface area contributed by atoms with E-state index in [4.69, 9.17) is 15.2 Å². The molecule has 0 atom stereocenters. The predicted octanol–water partition coefficient (Wildman–Crippen LogP) is 4.35. The van der Waals surface area contributed by atoms with Gasteiger partial charge in [-0.1, -0.05) is 12.1 Å². The number of amides is 1. The number of aromatic nitrogens is 1. The molecular formula is C20H15BrF2N2O3. The van der Waals surface area contributed by atoms with E-state index >= 15 is 0 Å². The smallest absolute Gasteiger partial charge is 0.267 e. The molecule has 2 N–H and O–H groups in total. The van der Waals surface area contributed by atoms with Crippen LogP contribution in [-0.2, 0) is 0 Å². The second-order valence-corrected chi connectivity index (χ2v) is 6.56. The lowest BCUT2D eigenvalue weighted by molar-refractivity contribution is 0.0995. The van der Waals surface area contributed by atoms with Crippen molar-refractivity contribution < 1.29 is 23.0 Å². The number of nitrogens with two attached hydrogens (primary N) is 1. The molecule has 0 fully saturated rings. The summed E-state index contributed by atoms with van der Waals surface area (Å²) in [6.45, 7) is 0.360. The summed E-state index contributed by atoms with van der Waals surface area (Å²) in [6.07, 6.45) is 1.38. The number of nitrogens with zero attached hydrogens (tertiary/aromatic N) is 1. The molecule has 8 heteroatoms. The molecular weight excluding hydrogens is 434 g/mol.